The minimum absolute atomic E-state index is 0.519. The standard InChI is InChI=1S/C14H14ClNO/c15-13-6-4-11(5-7-13)12-2-1-3-14(10-12)17-9-8-16/h1-7,10H,8-9,16H2. The molecule has 0 radical (unpaired) electrons. The average molecular weight is 248 g/mol. The number of halogens is 1. The van der Waals surface area contributed by atoms with E-state index in [2.05, 4.69) is 0 Å². The normalized spacial score (nSPS) is 10.2. The molecule has 2 N–H and O–H groups in total. The van der Waals surface area contributed by atoms with Crippen LogP contribution in [-0.4, -0.2) is 13.2 Å². The van der Waals surface area contributed by atoms with Gasteiger partial charge in [-0.2, -0.15) is 0 Å². The third-order valence-corrected chi connectivity index (χ3v) is 2.65. The molecule has 0 fully saturated rings. The van der Waals surface area contributed by atoms with Crippen LogP contribution in [0.2, 0.25) is 5.02 Å². The van der Waals surface area contributed by atoms with Gasteiger partial charge in [-0.3, -0.25) is 0 Å². The molecule has 2 aromatic rings. The number of ether oxygens (including phenoxy) is 1. The molecule has 2 nitrogen and oxygen atoms in total. The molecule has 0 spiro atoms. The van der Waals surface area contributed by atoms with Gasteiger partial charge in [0.15, 0.2) is 0 Å². The smallest absolute Gasteiger partial charge is 0.119 e. The van der Waals surface area contributed by atoms with E-state index in [1.807, 2.05) is 48.5 Å². The van der Waals surface area contributed by atoms with Crippen LogP contribution in [0.15, 0.2) is 48.5 Å². The third kappa shape index (κ3) is 3.22. The number of hydrogen-bond acceptors (Lipinski definition) is 2. The first kappa shape index (κ1) is 12.0. The average Bonchev–Trinajstić information content (AvgIpc) is 2.37. The summed E-state index contributed by atoms with van der Waals surface area (Å²) in [5.41, 5.74) is 7.63. The second-order valence-electron chi connectivity index (χ2n) is 3.67. The first-order chi connectivity index (χ1) is 8.29. The number of nitrogens with two attached hydrogens (primary N) is 1. The van der Waals surface area contributed by atoms with Gasteiger partial charge in [0.2, 0.25) is 0 Å². The van der Waals surface area contributed by atoms with Crippen molar-refractivity contribution >= 4 is 11.6 Å². The summed E-state index contributed by atoms with van der Waals surface area (Å²) in [6.07, 6.45) is 0. The predicted molar refractivity (Wildman–Crippen MR) is 71.4 cm³/mol. The quantitative estimate of drug-likeness (QED) is 0.899. The maximum Gasteiger partial charge on any atom is 0.119 e. The van der Waals surface area contributed by atoms with E-state index in [0.717, 1.165) is 21.9 Å². The van der Waals surface area contributed by atoms with Crippen molar-refractivity contribution in [3.05, 3.63) is 53.6 Å². The summed E-state index contributed by atoms with van der Waals surface area (Å²) in [4.78, 5) is 0. The van der Waals surface area contributed by atoms with Gasteiger partial charge in [0.05, 0.1) is 0 Å². The monoisotopic (exact) mass is 247 g/mol. The van der Waals surface area contributed by atoms with E-state index in [-0.39, 0.29) is 0 Å². The van der Waals surface area contributed by atoms with Crippen molar-refractivity contribution in [2.45, 2.75) is 0 Å². The van der Waals surface area contributed by atoms with Crippen LogP contribution in [-0.2, 0) is 0 Å². The highest BCUT2D eigenvalue weighted by atomic mass is 35.5. The second-order valence-corrected chi connectivity index (χ2v) is 4.11. The second kappa shape index (κ2) is 5.71. The highest BCUT2D eigenvalue weighted by Gasteiger charge is 1.99. The molecule has 0 aromatic heterocycles. The third-order valence-electron chi connectivity index (χ3n) is 2.40. The summed E-state index contributed by atoms with van der Waals surface area (Å²) in [7, 11) is 0. The molecule has 2 aromatic carbocycles. The maximum absolute atomic E-state index is 5.86. The summed E-state index contributed by atoms with van der Waals surface area (Å²) < 4.78 is 5.49. The maximum atomic E-state index is 5.86. The Morgan fingerprint density at radius 3 is 2.47 bits per heavy atom. The highest BCUT2D eigenvalue weighted by molar-refractivity contribution is 6.30. The Balaban J connectivity index is 2.23. The Kier molecular flexibility index (Phi) is 4.02. The van der Waals surface area contributed by atoms with Crippen LogP contribution in [0.5, 0.6) is 5.75 Å². The van der Waals surface area contributed by atoms with Crippen molar-refractivity contribution in [3.63, 3.8) is 0 Å². The Morgan fingerprint density at radius 1 is 1.00 bits per heavy atom. The molecule has 88 valence electrons. The zero-order valence-corrected chi connectivity index (χ0v) is 10.2. The van der Waals surface area contributed by atoms with E-state index in [0.29, 0.717) is 13.2 Å². The van der Waals surface area contributed by atoms with Gasteiger partial charge in [0.25, 0.3) is 0 Å². The van der Waals surface area contributed by atoms with Crippen LogP contribution >= 0.6 is 11.6 Å². The largest absolute Gasteiger partial charge is 0.492 e. The molecule has 2 rings (SSSR count). The molecule has 0 atom stereocenters. The lowest BCUT2D eigenvalue weighted by Crippen LogP contribution is -2.10. The van der Waals surface area contributed by atoms with Crippen molar-refractivity contribution in [1.29, 1.82) is 0 Å². The Hall–Kier alpha value is -1.51. The van der Waals surface area contributed by atoms with Crippen LogP contribution in [0.4, 0.5) is 0 Å². The highest BCUT2D eigenvalue weighted by Crippen LogP contribution is 2.25. The van der Waals surface area contributed by atoms with Crippen molar-refractivity contribution < 1.29 is 4.74 Å². The molecule has 0 saturated heterocycles. The van der Waals surface area contributed by atoms with Gasteiger partial charge in [-0.05, 0) is 35.4 Å². The zero-order chi connectivity index (χ0) is 12.1. The van der Waals surface area contributed by atoms with Gasteiger partial charge in [0.1, 0.15) is 12.4 Å². The SMILES string of the molecule is NCCOc1cccc(-c2ccc(Cl)cc2)c1. The van der Waals surface area contributed by atoms with Crippen molar-refractivity contribution in [2.24, 2.45) is 5.73 Å². The Labute approximate surface area is 106 Å². The summed E-state index contributed by atoms with van der Waals surface area (Å²) in [5.74, 6) is 0.836. The fourth-order valence-corrected chi connectivity index (χ4v) is 1.71. The number of benzene rings is 2. The predicted octanol–water partition coefficient (Wildman–Crippen LogP) is 3.34. The molecule has 0 heterocycles. The van der Waals surface area contributed by atoms with Gasteiger partial charge in [0, 0.05) is 11.6 Å². The number of rotatable bonds is 4. The van der Waals surface area contributed by atoms with Gasteiger partial charge in [-0.15, -0.1) is 0 Å². The van der Waals surface area contributed by atoms with Crippen LogP contribution in [0, 0.1) is 0 Å². The molecule has 0 unspecified atom stereocenters. The van der Waals surface area contributed by atoms with E-state index in [1.54, 1.807) is 0 Å². The Bertz CT molecular complexity index is 482. The topological polar surface area (TPSA) is 35.2 Å². The molecule has 0 bridgehead atoms. The molecule has 3 heteroatoms. The molecule has 0 saturated carbocycles. The summed E-state index contributed by atoms with van der Waals surface area (Å²) in [6, 6.07) is 15.7. The van der Waals surface area contributed by atoms with E-state index in [1.165, 1.54) is 0 Å². The van der Waals surface area contributed by atoms with Gasteiger partial charge >= 0.3 is 0 Å². The molecule has 0 amide bonds. The van der Waals surface area contributed by atoms with Crippen molar-refractivity contribution in [3.8, 4) is 16.9 Å². The molecular formula is C14H14ClNO. The minimum Gasteiger partial charge on any atom is -0.492 e. The Morgan fingerprint density at radius 2 is 1.76 bits per heavy atom. The van der Waals surface area contributed by atoms with Crippen LogP contribution in [0.1, 0.15) is 0 Å². The minimum atomic E-state index is 0.519. The van der Waals surface area contributed by atoms with Crippen molar-refractivity contribution in [2.75, 3.05) is 13.2 Å². The fourth-order valence-electron chi connectivity index (χ4n) is 1.58. The fraction of sp³-hybridized carbons (Fsp3) is 0.143. The molecule has 0 aliphatic carbocycles. The summed E-state index contributed by atoms with van der Waals surface area (Å²) in [5, 5.41) is 0.740. The van der Waals surface area contributed by atoms with E-state index >= 15 is 0 Å². The number of hydrogen-bond donors (Lipinski definition) is 1. The van der Waals surface area contributed by atoms with Crippen LogP contribution in [0.25, 0.3) is 11.1 Å². The van der Waals surface area contributed by atoms with E-state index in [4.69, 9.17) is 22.1 Å². The molecule has 17 heavy (non-hydrogen) atoms. The van der Waals surface area contributed by atoms with Crippen LogP contribution in [0.3, 0.4) is 0 Å². The van der Waals surface area contributed by atoms with Crippen molar-refractivity contribution in [1.82, 2.24) is 0 Å². The summed E-state index contributed by atoms with van der Waals surface area (Å²) >= 11 is 5.86. The summed E-state index contributed by atoms with van der Waals surface area (Å²) in [6.45, 7) is 1.05. The first-order valence-electron chi connectivity index (χ1n) is 5.48. The lowest BCUT2D eigenvalue weighted by molar-refractivity contribution is 0.328. The lowest BCUT2D eigenvalue weighted by Gasteiger charge is -2.07. The molecule has 0 aliphatic rings. The van der Waals surface area contributed by atoms with Gasteiger partial charge in [-0.25, -0.2) is 0 Å². The first-order valence-corrected chi connectivity index (χ1v) is 5.86. The van der Waals surface area contributed by atoms with E-state index < -0.39 is 0 Å². The molecular weight excluding hydrogens is 234 g/mol. The van der Waals surface area contributed by atoms with Gasteiger partial charge in [-0.1, -0.05) is 35.9 Å². The molecule has 0 aliphatic heterocycles. The van der Waals surface area contributed by atoms with Gasteiger partial charge < -0.3 is 10.5 Å². The lowest BCUT2D eigenvalue weighted by atomic mass is 10.1. The van der Waals surface area contributed by atoms with E-state index in [9.17, 15) is 0 Å². The zero-order valence-electron chi connectivity index (χ0n) is 9.40. The van der Waals surface area contributed by atoms with Crippen LogP contribution < -0.4 is 10.5 Å².